The van der Waals surface area contributed by atoms with E-state index in [1.54, 1.807) is 0 Å². The van der Waals surface area contributed by atoms with Crippen LogP contribution in [0.3, 0.4) is 0 Å². The minimum atomic E-state index is 0.120. The molecule has 0 unspecified atom stereocenters. The summed E-state index contributed by atoms with van der Waals surface area (Å²) in [6.45, 7) is 0. The van der Waals surface area contributed by atoms with Gasteiger partial charge in [0.2, 0.25) is 0 Å². The molecule has 2 nitrogen and oxygen atoms in total. The molecule has 4 fully saturated rings. The monoisotopic (exact) mass is 381 g/mol. The molecular weight excluding hydrogens is 361 g/mol. The van der Waals surface area contributed by atoms with Gasteiger partial charge in [0.1, 0.15) is 0 Å². The molecule has 1 aromatic rings. The van der Waals surface area contributed by atoms with Gasteiger partial charge in [0.05, 0.1) is 0 Å². The smallest absolute Gasteiger partial charge is 0.251 e. The fraction of sp³-hybridized carbons (Fsp3) is 0.588. The molecule has 0 heterocycles. The first-order valence-electron chi connectivity index (χ1n) is 7.70. The molecule has 4 aliphatic carbocycles. The van der Waals surface area contributed by atoms with Gasteiger partial charge in [-0.2, -0.15) is 0 Å². The van der Waals surface area contributed by atoms with Crippen molar-refractivity contribution in [1.82, 2.24) is 5.32 Å². The molecule has 4 aliphatic rings. The number of hydrogen-bond acceptors (Lipinski definition) is 1. The van der Waals surface area contributed by atoms with E-state index >= 15 is 0 Å². The van der Waals surface area contributed by atoms with E-state index in [1.165, 1.54) is 42.1 Å². The third-order valence-corrected chi connectivity index (χ3v) is 6.24. The Morgan fingerprint density at radius 1 is 1.00 bits per heavy atom. The van der Waals surface area contributed by atoms with Crippen LogP contribution in [0.25, 0.3) is 0 Å². The van der Waals surface area contributed by atoms with Crippen LogP contribution in [0.1, 0.15) is 48.9 Å². The molecule has 0 atom stereocenters. The Labute approximate surface area is 133 Å². The summed E-state index contributed by atoms with van der Waals surface area (Å²) in [6, 6.07) is 7.90. The Balaban J connectivity index is 1.53. The van der Waals surface area contributed by atoms with Crippen LogP contribution in [-0.4, -0.2) is 11.4 Å². The molecule has 0 spiro atoms. The van der Waals surface area contributed by atoms with Crippen molar-refractivity contribution in [1.29, 1.82) is 0 Å². The zero-order chi connectivity index (χ0) is 13.7. The zero-order valence-electron chi connectivity index (χ0n) is 11.6. The molecule has 20 heavy (non-hydrogen) atoms. The van der Waals surface area contributed by atoms with Gasteiger partial charge in [-0.25, -0.2) is 0 Å². The lowest BCUT2D eigenvalue weighted by atomic mass is 9.53. The summed E-state index contributed by atoms with van der Waals surface area (Å²) >= 11 is 2.27. The molecule has 0 aliphatic heterocycles. The highest BCUT2D eigenvalue weighted by atomic mass is 127. The summed E-state index contributed by atoms with van der Waals surface area (Å²) < 4.78 is 1.17. The third kappa shape index (κ3) is 2.28. The number of rotatable bonds is 2. The summed E-state index contributed by atoms with van der Waals surface area (Å²) in [5, 5.41) is 3.42. The fourth-order valence-corrected chi connectivity index (χ4v) is 5.54. The number of carbonyl (C=O) groups excluding carboxylic acids is 1. The Morgan fingerprint density at radius 3 is 2.00 bits per heavy atom. The first-order chi connectivity index (χ1) is 9.62. The normalized spacial score (nSPS) is 38.0. The van der Waals surface area contributed by atoms with Crippen LogP contribution in [0, 0.1) is 21.3 Å². The second kappa shape index (κ2) is 4.72. The van der Waals surface area contributed by atoms with E-state index in [-0.39, 0.29) is 11.4 Å². The molecule has 0 aromatic heterocycles. The summed E-state index contributed by atoms with van der Waals surface area (Å²) in [7, 11) is 0. The van der Waals surface area contributed by atoms with Crippen molar-refractivity contribution in [2.45, 2.75) is 44.1 Å². The molecule has 0 radical (unpaired) electrons. The molecule has 3 heteroatoms. The first-order valence-corrected chi connectivity index (χ1v) is 8.78. The highest BCUT2D eigenvalue weighted by molar-refractivity contribution is 14.1. The Hall–Kier alpha value is -0.580. The van der Waals surface area contributed by atoms with Gasteiger partial charge in [-0.15, -0.1) is 0 Å². The Morgan fingerprint density at radius 2 is 1.50 bits per heavy atom. The first kappa shape index (κ1) is 13.1. The van der Waals surface area contributed by atoms with Crippen LogP contribution in [0.15, 0.2) is 24.3 Å². The molecule has 1 amide bonds. The second-order valence-electron chi connectivity index (χ2n) is 7.16. The number of amides is 1. The van der Waals surface area contributed by atoms with E-state index in [1.807, 2.05) is 24.3 Å². The Bertz CT molecular complexity index is 501. The van der Waals surface area contributed by atoms with E-state index in [9.17, 15) is 4.79 Å². The van der Waals surface area contributed by atoms with Crippen molar-refractivity contribution >= 4 is 28.5 Å². The number of hydrogen-bond donors (Lipinski definition) is 1. The van der Waals surface area contributed by atoms with Gasteiger partial charge >= 0.3 is 0 Å². The van der Waals surface area contributed by atoms with Gasteiger partial charge in [-0.1, -0.05) is 0 Å². The quantitative estimate of drug-likeness (QED) is 0.772. The van der Waals surface area contributed by atoms with Crippen molar-refractivity contribution < 1.29 is 4.79 Å². The Kier molecular flexibility index (Phi) is 3.09. The number of nitrogens with one attached hydrogen (secondary N) is 1. The van der Waals surface area contributed by atoms with Crippen LogP contribution in [-0.2, 0) is 0 Å². The molecule has 106 valence electrons. The lowest BCUT2D eigenvalue weighted by molar-refractivity contribution is -0.0167. The average Bonchev–Trinajstić information content (AvgIpc) is 2.37. The van der Waals surface area contributed by atoms with E-state index < -0.39 is 0 Å². The van der Waals surface area contributed by atoms with E-state index in [4.69, 9.17) is 0 Å². The van der Waals surface area contributed by atoms with Crippen LogP contribution in [0.4, 0.5) is 0 Å². The highest BCUT2D eigenvalue weighted by Gasteiger charge is 2.51. The molecule has 4 saturated carbocycles. The zero-order valence-corrected chi connectivity index (χ0v) is 13.7. The van der Waals surface area contributed by atoms with Crippen molar-refractivity contribution in [3.05, 3.63) is 33.4 Å². The number of halogens is 1. The number of benzene rings is 1. The van der Waals surface area contributed by atoms with Crippen LogP contribution < -0.4 is 5.32 Å². The number of carbonyl (C=O) groups is 1. The van der Waals surface area contributed by atoms with Gasteiger partial charge in [0, 0.05) is 14.7 Å². The van der Waals surface area contributed by atoms with E-state index in [0.717, 1.165) is 23.3 Å². The van der Waals surface area contributed by atoms with Gasteiger partial charge in [0.25, 0.3) is 5.91 Å². The van der Waals surface area contributed by atoms with Crippen LogP contribution in [0.2, 0.25) is 0 Å². The average molecular weight is 381 g/mol. The largest absolute Gasteiger partial charge is 0.347 e. The summed E-state index contributed by atoms with van der Waals surface area (Å²) in [4.78, 5) is 12.5. The van der Waals surface area contributed by atoms with Crippen LogP contribution >= 0.6 is 22.6 Å². The topological polar surface area (TPSA) is 29.1 Å². The fourth-order valence-electron chi connectivity index (χ4n) is 5.18. The maximum atomic E-state index is 12.5. The van der Waals surface area contributed by atoms with Gasteiger partial charge in [0.15, 0.2) is 0 Å². The lowest BCUT2D eigenvalue weighted by Gasteiger charge is -2.56. The minimum Gasteiger partial charge on any atom is -0.347 e. The molecular formula is C17H20INO. The summed E-state index contributed by atoms with van der Waals surface area (Å²) in [5.74, 6) is 2.75. The predicted octanol–water partition coefficient (Wildman–Crippen LogP) is 3.99. The SMILES string of the molecule is O=C(NC12CC3CC(CC(C3)C1)C2)c1ccc(I)cc1. The second-order valence-corrected chi connectivity index (χ2v) is 8.40. The maximum absolute atomic E-state index is 12.5. The predicted molar refractivity (Wildman–Crippen MR) is 87.5 cm³/mol. The van der Waals surface area contributed by atoms with E-state index in [0.29, 0.717) is 0 Å². The van der Waals surface area contributed by atoms with Crippen molar-refractivity contribution in [3.8, 4) is 0 Å². The van der Waals surface area contributed by atoms with Crippen LogP contribution in [0.5, 0.6) is 0 Å². The maximum Gasteiger partial charge on any atom is 0.251 e. The van der Waals surface area contributed by atoms with Crippen molar-refractivity contribution in [2.24, 2.45) is 17.8 Å². The third-order valence-electron chi connectivity index (χ3n) is 5.52. The van der Waals surface area contributed by atoms with Gasteiger partial charge in [-0.3, -0.25) is 4.79 Å². The summed E-state index contributed by atoms with van der Waals surface area (Å²) in [5.41, 5.74) is 0.927. The van der Waals surface area contributed by atoms with E-state index in [2.05, 4.69) is 27.9 Å². The molecule has 1 aromatic carbocycles. The standard InChI is InChI=1S/C17H20INO/c18-15-3-1-14(2-4-15)16(20)19-17-8-11-5-12(9-17)7-13(6-11)10-17/h1-4,11-13H,5-10H2,(H,19,20). The van der Waals surface area contributed by atoms with Gasteiger partial charge < -0.3 is 5.32 Å². The summed E-state index contributed by atoms with van der Waals surface area (Å²) in [6.07, 6.45) is 7.90. The highest BCUT2D eigenvalue weighted by Crippen LogP contribution is 2.55. The lowest BCUT2D eigenvalue weighted by Crippen LogP contribution is -2.59. The molecule has 5 rings (SSSR count). The minimum absolute atomic E-state index is 0.120. The molecule has 1 N–H and O–H groups in total. The molecule has 0 saturated heterocycles. The van der Waals surface area contributed by atoms with Crippen molar-refractivity contribution in [3.63, 3.8) is 0 Å². The van der Waals surface area contributed by atoms with Gasteiger partial charge in [-0.05, 0) is 103 Å². The molecule has 4 bridgehead atoms. The van der Waals surface area contributed by atoms with Crippen molar-refractivity contribution in [2.75, 3.05) is 0 Å².